The summed E-state index contributed by atoms with van der Waals surface area (Å²) in [5.41, 5.74) is 5.83. The van der Waals surface area contributed by atoms with E-state index in [1.54, 1.807) is 6.07 Å². The van der Waals surface area contributed by atoms with Gasteiger partial charge in [-0.2, -0.15) is 18.2 Å². The van der Waals surface area contributed by atoms with Gasteiger partial charge in [-0.1, -0.05) is 78.6 Å². The monoisotopic (exact) mass is 405 g/mol. The van der Waals surface area contributed by atoms with Crippen LogP contribution in [0.25, 0.3) is 5.57 Å². The summed E-state index contributed by atoms with van der Waals surface area (Å²) in [5, 5.41) is 15.5. The summed E-state index contributed by atoms with van der Waals surface area (Å²) < 4.78 is 0. The van der Waals surface area contributed by atoms with Crippen LogP contribution in [0.15, 0.2) is 121 Å². The molecule has 0 bridgehead atoms. The molecule has 0 radical (unpaired) electrons. The van der Waals surface area contributed by atoms with Crippen molar-refractivity contribution in [3.8, 4) is 5.75 Å². The minimum absolute atomic E-state index is 0. The smallest absolute Gasteiger partial charge is 0.871 e. The zero-order valence-electron chi connectivity index (χ0n) is 15.2. The van der Waals surface area contributed by atoms with Gasteiger partial charge in [0.25, 0.3) is 0 Å². The molecule has 3 aromatic carbocycles. The maximum atomic E-state index is 12.3. The van der Waals surface area contributed by atoms with E-state index < -0.39 is 0 Å². The molecule has 0 spiro atoms. The van der Waals surface area contributed by atoms with Crippen LogP contribution < -0.4 is 10.4 Å². The van der Waals surface area contributed by atoms with E-state index in [0.717, 1.165) is 28.0 Å². The summed E-state index contributed by atoms with van der Waals surface area (Å²) in [6.07, 6.45) is 10.2. The molecule has 3 aromatic rings. The van der Waals surface area contributed by atoms with Crippen molar-refractivity contribution in [2.24, 2.45) is 0 Å². The molecule has 1 N–H and O–H groups in total. The third kappa shape index (κ3) is 4.23. The molecule has 0 fully saturated rings. The quantitative estimate of drug-likeness (QED) is 0.435. The summed E-state index contributed by atoms with van der Waals surface area (Å²) in [6, 6.07) is 25.6. The molecule has 3 heteroatoms. The molecule has 0 saturated carbocycles. The van der Waals surface area contributed by atoms with Crippen molar-refractivity contribution in [3.05, 3.63) is 132 Å². The summed E-state index contributed by atoms with van der Waals surface area (Å²) in [5.74, 6) is 0.0167. The first-order valence-corrected chi connectivity index (χ1v) is 8.93. The minimum atomic E-state index is 0. The van der Waals surface area contributed by atoms with E-state index in [0.29, 0.717) is 5.69 Å². The summed E-state index contributed by atoms with van der Waals surface area (Å²) in [7, 11) is 0. The molecular weight excluding hydrogens is 386 g/mol. The van der Waals surface area contributed by atoms with Gasteiger partial charge in [-0.3, -0.25) is 0 Å². The first-order valence-electron chi connectivity index (χ1n) is 8.93. The molecule has 2 aliphatic rings. The number of rotatable bonds is 1. The van der Waals surface area contributed by atoms with E-state index in [2.05, 4.69) is 23.5 Å². The normalized spacial score (nSPS) is 13.6. The zero-order chi connectivity index (χ0) is 18.5. The number of benzene rings is 2. The first kappa shape index (κ1) is 19.6. The molecule has 5 rings (SSSR count). The maximum Gasteiger partial charge on any atom is 2.00 e. The van der Waals surface area contributed by atoms with Gasteiger partial charge in [0.1, 0.15) is 0 Å². The predicted octanol–water partition coefficient (Wildman–Crippen LogP) is 5.40. The van der Waals surface area contributed by atoms with Crippen LogP contribution in [-0.4, -0.2) is 0 Å². The van der Waals surface area contributed by atoms with Gasteiger partial charge in [-0.05, 0) is 22.8 Å². The van der Waals surface area contributed by atoms with Crippen LogP contribution >= 0.6 is 0 Å². The Morgan fingerprint density at radius 2 is 1.50 bits per heavy atom. The van der Waals surface area contributed by atoms with Crippen LogP contribution in [0, 0.1) is 0 Å². The average molecular weight is 405 g/mol. The molecule has 0 saturated heterocycles. The molecule has 0 amide bonds. The van der Waals surface area contributed by atoms with E-state index in [4.69, 9.17) is 0 Å². The van der Waals surface area contributed by atoms with Gasteiger partial charge >= 0.3 is 17.1 Å². The van der Waals surface area contributed by atoms with Crippen molar-refractivity contribution >= 4 is 11.3 Å². The van der Waals surface area contributed by atoms with E-state index in [1.165, 1.54) is 0 Å². The van der Waals surface area contributed by atoms with Crippen molar-refractivity contribution in [1.82, 2.24) is 0 Å². The van der Waals surface area contributed by atoms with Crippen LogP contribution in [0.5, 0.6) is 5.75 Å². The van der Waals surface area contributed by atoms with Gasteiger partial charge in [-0.25, -0.2) is 12.1 Å². The Morgan fingerprint density at radius 1 is 0.786 bits per heavy atom. The van der Waals surface area contributed by atoms with Crippen molar-refractivity contribution in [2.75, 3.05) is 5.32 Å². The second kappa shape index (κ2) is 9.18. The number of fused-ring (bicyclic) bond motifs is 1. The fourth-order valence-electron chi connectivity index (χ4n) is 3.16. The van der Waals surface area contributed by atoms with Gasteiger partial charge in [-0.15, -0.1) is 0 Å². The summed E-state index contributed by atoms with van der Waals surface area (Å²) in [4.78, 5) is 0. The van der Waals surface area contributed by atoms with Crippen molar-refractivity contribution < 1.29 is 22.2 Å². The third-order valence-electron chi connectivity index (χ3n) is 4.48. The predicted molar refractivity (Wildman–Crippen MR) is 110 cm³/mol. The number of anilines is 1. The number of allylic oxidation sites excluding steroid dienone is 6. The Labute approximate surface area is 176 Å². The zero-order valence-corrected chi connectivity index (χ0v) is 16.3. The Hall–Kier alpha value is -3.13. The van der Waals surface area contributed by atoms with Crippen LogP contribution in [0.1, 0.15) is 11.1 Å². The third-order valence-corrected chi connectivity index (χ3v) is 4.48. The van der Waals surface area contributed by atoms with E-state index >= 15 is 0 Å². The van der Waals surface area contributed by atoms with Gasteiger partial charge in [0, 0.05) is 16.9 Å². The SMILES string of the molecule is [Fe+2].[O-]c1cccc2c1NC(=C1C=CC=C1)C=C2c1ccccc1.c1cc[cH-]c1. The molecule has 0 aromatic heterocycles. The average Bonchev–Trinajstić information content (AvgIpc) is 3.45. The van der Waals surface area contributed by atoms with Gasteiger partial charge in [0.15, 0.2) is 0 Å². The molecule has 1 heterocycles. The van der Waals surface area contributed by atoms with Crippen LogP contribution in [0.4, 0.5) is 5.69 Å². The molecule has 28 heavy (non-hydrogen) atoms. The van der Waals surface area contributed by atoms with Crippen LogP contribution in [0.3, 0.4) is 0 Å². The number of nitrogens with one attached hydrogen (secondary N) is 1. The molecular formula is C25H19FeNO. The molecule has 2 nitrogen and oxygen atoms in total. The second-order valence-electron chi connectivity index (χ2n) is 6.28. The maximum absolute atomic E-state index is 12.3. The molecule has 1 aliphatic carbocycles. The van der Waals surface area contributed by atoms with E-state index in [1.807, 2.05) is 85.0 Å². The fourth-order valence-corrected chi connectivity index (χ4v) is 3.16. The minimum Gasteiger partial charge on any atom is -0.871 e. The number of hydrogen-bond acceptors (Lipinski definition) is 2. The Kier molecular flexibility index (Phi) is 6.44. The molecule has 0 unspecified atom stereocenters. The number of para-hydroxylation sites is 1. The van der Waals surface area contributed by atoms with Gasteiger partial charge in [0.2, 0.25) is 0 Å². The molecule has 0 atom stereocenters. The number of hydrogen-bond donors (Lipinski definition) is 1. The topological polar surface area (TPSA) is 35.1 Å². The van der Waals surface area contributed by atoms with Crippen molar-refractivity contribution in [1.29, 1.82) is 0 Å². The first-order chi connectivity index (χ1) is 13.3. The van der Waals surface area contributed by atoms with E-state index in [-0.39, 0.29) is 22.8 Å². The van der Waals surface area contributed by atoms with E-state index in [9.17, 15) is 5.11 Å². The van der Waals surface area contributed by atoms with Gasteiger partial charge in [0.05, 0.1) is 0 Å². The Balaban J connectivity index is 0.000000329. The van der Waals surface area contributed by atoms with Crippen molar-refractivity contribution in [2.45, 2.75) is 0 Å². The fraction of sp³-hybridized carbons (Fsp3) is 0. The summed E-state index contributed by atoms with van der Waals surface area (Å²) in [6.45, 7) is 0. The van der Waals surface area contributed by atoms with Crippen LogP contribution in [0.2, 0.25) is 0 Å². The molecule has 138 valence electrons. The van der Waals surface area contributed by atoms with Gasteiger partial charge < -0.3 is 10.4 Å². The molecule has 1 aliphatic heterocycles. The second-order valence-corrected chi connectivity index (χ2v) is 6.28. The van der Waals surface area contributed by atoms with Crippen LogP contribution in [-0.2, 0) is 17.1 Å². The standard InChI is InChI=1S/C20H15NO.C5H5.Fe/c22-19-12-6-11-16-17(14-7-2-1-3-8-14)13-18(21-20(16)19)15-9-4-5-10-15;1-2-4-5-3-1;/h1-13,21-22H;1-5H;/q;-1;+2/p-1. The summed E-state index contributed by atoms with van der Waals surface area (Å²) >= 11 is 0. The Bertz CT molecular complexity index is 1010. The Morgan fingerprint density at radius 3 is 2.14 bits per heavy atom. The largest absolute Gasteiger partial charge is 2.00 e. The van der Waals surface area contributed by atoms with Crippen molar-refractivity contribution in [3.63, 3.8) is 0 Å².